The van der Waals surface area contributed by atoms with E-state index in [0.717, 1.165) is 18.8 Å². The van der Waals surface area contributed by atoms with E-state index in [2.05, 4.69) is 13.8 Å². The monoisotopic (exact) mass is 396 g/mol. The minimum Gasteiger partial charge on any atom is -0.481 e. The lowest BCUT2D eigenvalue weighted by atomic mass is 9.92. The Hall–Kier alpha value is -0.530. The Bertz CT molecular complexity index is 314. The Morgan fingerprint density at radius 3 is 1.29 bits per heavy atom. The van der Waals surface area contributed by atoms with Crippen molar-refractivity contribution in [3.8, 4) is 0 Å². The van der Waals surface area contributed by atoms with Gasteiger partial charge in [-0.15, -0.1) is 0 Å². The van der Waals surface area contributed by atoms with E-state index in [-0.39, 0.29) is 0 Å². The highest BCUT2D eigenvalue weighted by Gasteiger charge is 2.05. The van der Waals surface area contributed by atoms with Gasteiger partial charge < -0.3 is 5.11 Å². The minimum absolute atomic E-state index is 0.346. The van der Waals surface area contributed by atoms with Crippen molar-refractivity contribution in [2.45, 2.75) is 155 Å². The van der Waals surface area contributed by atoms with E-state index < -0.39 is 5.97 Å². The Balaban J connectivity index is 3.16. The summed E-state index contributed by atoms with van der Waals surface area (Å²) in [5.41, 5.74) is 0. The molecule has 0 radical (unpaired) electrons. The standard InChI is InChI=1S/C26H52O2/c1-3-5-19-22-25(4-2)23-20-17-15-13-11-9-7-6-8-10-12-14-16-18-21-24-26(27)28/h25H,3-24H2,1-2H3,(H,27,28). The molecule has 0 saturated heterocycles. The van der Waals surface area contributed by atoms with Crippen LogP contribution in [0.25, 0.3) is 0 Å². The molecule has 0 aromatic rings. The summed E-state index contributed by atoms with van der Waals surface area (Å²) in [5, 5.41) is 8.59. The van der Waals surface area contributed by atoms with Crippen molar-refractivity contribution in [1.29, 1.82) is 0 Å². The van der Waals surface area contributed by atoms with Gasteiger partial charge >= 0.3 is 5.97 Å². The first-order valence-corrected chi connectivity index (χ1v) is 12.9. The molecule has 0 spiro atoms. The molecular weight excluding hydrogens is 344 g/mol. The molecule has 0 bridgehead atoms. The van der Waals surface area contributed by atoms with Gasteiger partial charge in [-0.1, -0.05) is 142 Å². The van der Waals surface area contributed by atoms with Crippen molar-refractivity contribution in [2.24, 2.45) is 5.92 Å². The second-order valence-electron chi connectivity index (χ2n) is 9.01. The predicted octanol–water partition coefficient (Wildman–Crippen LogP) is 9.31. The third-order valence-electron chi connectivity index (χ3n) is 6.30. The van der Waals surface area contributed by atoms with Crippen LogP contribution in [0.4, 0.5) is 0 Å². The topological polar surface area (TPSA) is 37.3 Å². The van der Waals surface area contributed by atoms with Gasteiger partial charge in [0, 0.05) is 6.42 Å². The highest BCUT2D eigenvalue weighted by Crippen LogP contribution is 2.21. The van der Waals surface area contributed by atoms with E-state index in [1.54, 1.807) is 0 Å². The van der Waals surface area contributed by atoms with Crippen LogP contribution < -0.4 is 0 Å². The summed E-state index contributed by atoms with van der Waals surface area (Å²) in [4.78, 5) is 10.4. The van der Waals surface area contributed by atoms with E-state index in [4.69, 9.17) is 5.11 Å². The molecule has 0 aromatic carbocycles. The van der Waals surface area contributed by atoms with Crippen molar-refractivity contribution >= 4 is 5.97 Å². The van der Waals surface area contributed by atoms with Gasteiger partial charge in [0.25, 0.3) is 0 Å². The number of carboxylic acid groups (broad SMARTS) is 1. The molecule has 0 fully saturated rings. The van der Waals surface area contributed by atoms with Gasteiger partial charge in [-0.05, 0) is 12.3 Å². The van der Waals surface area contributed by atoms with Gasteiger partial charge in [0.15, 0.2) is 0 Å². The number of hydrogen-bond donors (Lipinski definition) is 1. The lowest BCUT2D eigenvalue weighted by Crippen LogP contribution is -1.99. The number of carboxylic acids is 1. The summed E-state index contributed by atoms with van der Waals surface area (Å²) in [6.45, 7) is 4.68. The largest absolute Gasteiger partial charge is 0.481 e. The van der Waals surface area contributed by atoms with Crippen molar-refractivity contribution in [3.63, 3.8) is 0 Å². The highest BCUT2D eigenvalue weighted by molar-refractivity contribution is 5.66. The fraction of sp³-hybridized carbons (Fsp3) is 0.962. The molecule has 1 atom stereocenters. The average molecular weight is 397 g/mol. The zero-order valence-electron chi connectivity index (χ0n) is 19.5. The maximum Gasteiger partial charge on any atom is 0.303 e. The van der Waals surface area contributed by atoms with E-state index in [0.29, 0.717) is 6.42 Å². The molecular formula is C26H52O2. The van der Waals surface area contributed by atoms with Gasteiger partial charge in [0.2, 0.25) is 0 Å². The second kappa shape index (κ2) is 22.8. The van der Waals surface area contributed by atoms with Crippen molar-refractivity contribution < 1.29 is 9.90 Å². The molecule has 0 rings (SSSR count). The Morgan fingerprint density at radius 1 is 0.571 bits per heavy atom. The Kier molecular flexibility index (Phi) is 22.3. The first kappa shape index (κ1) is 27.5. The molecule has 0 aliphatic rings. The molecule has 0 amide bonds. The number of unbranched alkanes of at least 4 members (excludes halogenated alkanes) is 16. The van der Waals surface area contributed by atoms with Crippen LogP contribution in [0.15, 0.2) is 0 Å². The van der Waals surface area contributed by atoms with Crippen LogP contribution in [0.3, 0.4) is 0 Å². The molecule has 1 N–H and O–H groups in total. The quantitative estimate of drug-likeness (QED) is 0.175. The zero-order valence-corrected chi connectivity index (χ0v) is 19.5. The van der Waals surface area contributed by atoms with Gasteiger partial charge in [0.05, 0.1) is 0 Å². The van der Waals surface area contributed by atoms with Crippen molar-refractivity contribution in [3.05, 3.63) is 0 Å². The zero-order chi connectivity index (χ0) is 20.7. The van der Waals surface area contributed by atoms with Crippen molar-refractivity contribution in [1.82, 2.24) is 0 Å². The number of carbonyl (C=O) groups is 1. The van der Waals surface area contributed by atoms with Gasteiger partial charge in [0.1, 0.15) is 0 Å². The number of rotatable bonds is 23. The third kappa shape index (κ3) is 21.8. The summed E-state index contributed by atoms with van der Waals surface area (Å²) in [5.74, 6) is 0.347. The molecule has 0 saturated carbocycles. The molecule has 2 heteroatoms. The van der Waals surface area contributed by atoms with Gasteiger partial charge in [-0.2, -0.15) is 0 Å². The maximum absolute atomic E-state index is 10.4. The number of hydrogen-bond acceptors (Lipinski definition) is 1. The second-order valence-corrected chi connectivity index (χ2v) is 9.01. The van der Waals surface area contributed by atoms with Crippen LogP contribution in [-0.4, -0.2) is 11.1 Å². The average Bonchev–Trinajstić information content (AvgIpc) is 2.68. The van der Waals surface area contributed by atoms with E-state index in [9.17, 15) is 4.79 Å². The molecule has 2 nitrogen and oxygen atoms in total. The molecule has 0 aliphatic carbocycles. The SMILES string of the molecule is CCCCCC(CC)CCCCCCCCCCCCCCCCCC(=O)O. The molecule has 1 unspecified atom stereocenters. The predicted molar refractivity (Wildman–Crippen MR) is 124 cm³/mol. The molecule has 0 heterocycles. The Labute approximate surface area is 177 Å². The summed E-state index contributed by atoms with van der Waals surface area (Å²) in [7, 11) is 0. The van der Waals surface area contributed by atoms with Gasteiger partial charge in [-0.3, -0.25) is 4.79 Å². The van der Waals surface area contributed by atoms with Crippen LogP contribution in [0.1, 0.15) is 155 Å². The lowest BCUT2D eigenvalue weighted by Gasteiger charge is -2.14. The summed E-state index contributed by atoms with van der Waals surface area (Å²) < 4.78 is 0. The summed E-state index contributed by atoms with van der Waals surface area (Å²) >= 11 is 0. The number of aliphatic carboxylic acids is 1. The molecule has 0 aromatic heterocycles. The van der Waals surface area contributed by atoms with Crippen LogP contribution in [0, 0.1) is 5.92 Å². The summed E-state index contributed by atoms with van der Waals surface area (Å²) in [6, 6.07) is 0. The lowest BCUT2D eigenvalue weighted by molar-refractivity contribution is -0.137. The normalized spacial score (nSPS) is 12.4. The van der Waals surface area contributed by atoms with E-state index in [1.807, 2.05) is 0 Å². The van der Waals surface area contributed by atoms with Crippen LogP contribution >= 0.6 is 0 Å². The first-order chi connectivity index (χ1) is 13.7. The fourth-order valence-corrected chi connectivity index (χ4v) is 4.24. The maximum atomic E-state index is 10.4. The highest BCUT2D eigenvalue weighted by atomic mass is 16.4. The summed E-state index contributed by atoms with van der Waals surface area (Å²) in [6.07, 6.45) is 29.0. The molecule has 168 valence electrons. The molecule has 0 aliphatic heterocycles. The van der Waals surface area contributed by atoms with E-state index in [1.165, 1.54) is 122 Å². The van der Waals surface area contributed by atoms with Crippen LogP contribution in [0.5, 0.6) is 0 Å². The smallest absolute Gasteiger partial charge is 0.303 e. The van der Waals surface area contributed by atoms with Crippen LogP contribution in [-0.2, 0) is 4.79 Å². The third-order valence-corrected chi connectivity index (χ3v) is 6.30. The first-order valence-electron chi connectivity index (χ1n) is 12.9. The van der Waals surface area contributed by atoms with Crippen molar-refractivity contribution in [2.75, 3.05) is 0 Å². The molecule has 28 heavy (non-hydrogen) atoms. The van der Waals surface area contributed by atoms with Gasteiger partial charge in [-0.25, -0.2) is 0 Å². The van der Waals surface area contributed by atoms with E-state index >= 15 is 0 Å². The Morgan fingerprint density at radius 2 is 0.929 bits per heavy atom. The van der Waals surface area contributed by atoms with Crippen LogP contribution in [0.2, 0.25) is 0 Å². The fourth-order valence-electron chi connectivity index (χ4n) is 4.24. The minimum atomic E-state index is -0.650.